The summed E-state index contributed by atoms with van der Waals surface area (Å²) >= 11 is 0.877. The van der Waals surface area contributed by atoms with Crippen molar-refractivity contribution in [1.29, 1.82) is 0 Å². The van der Waals surface area contributed by atoms with Crippen LogP contribution in [0.25, 0.3) is 10.8 Å². The number of hydrogen-bond donors (Lipinski definition) is 1. The first kappa shape index (κ1) is 13.5. The van der Waals surface area contributed by atoms with E-state index in [1.165, 1.54) is 18.2 Å². The summed E-state index contributed by atoms with van der Waals surface area (Å²) in [5.74, 6) is -0.854. The zero-order chi connectivity index (χ0) is 14.8. The van der Waals surface area contributed by atoms with E-state index in [0.717, 1.165) is 11.3 Å². The van der Waals surface area contributed by atoms with Crippen molar-refractivity contribution in [2.24, 2.45) is 0 Å². The molecule has 0 aliphatic carbocycles. The Morgan fingerprint density at radius 1 is 1.05 bits per heavy atom. The Morgan fingerprint density at radius 2 is 1.86 bits per heavy atom. The Bertz CT molecular complexity index is 889. The van der Waals surface area contributed by atoms with Gasteiger partial charge in [0.05, 0.1) is 4.88 Å². The summed E-state index contributed by atoms with van der Waals surface area (Å²) in [6.45, 7) is 0. The van der Waals surface area contributed by atoms with Crippen molar-refractivity contribution >= 4 is 33.7 Å². The van der Waals surface area contributed by atoms with Crippen LogP contribution >= 0.6 is 11.3 Å². The van der Waals surface area contributed by atoms with Gasteiger partial charge < -0.3 is 5.32 Å². The van der Waals surface area contributed by atoms with E-state index in [1.807, 2.05) is 0 Å². The van der Waals surface area contributed by atoms with Gasteiger partial charge in [-0.1, -0.05) is 35.6 Å². The van der Waals surface area contributed by atoms with Gasteiger partial charge in [-0.25, -0.2) is 4.39 Å². The molecule has 0 radical (unpaired) electrons. The second-order valence-corrected chi connectivity index (χ2v) is 5.46. The summed E-state index contributed by atoms with van der Waals surface area (Å²) in [7, 11) is 0. The number of hydrogen-bond acceptors (Lipinski definition) is 3. The number of anilines is 1. The smallest absolute Gasteiger partial charge is 0.265 e. The predicted octanol–water partition coefficient (Wildman–Crippen LogP) is 3.65. The van der Waals surface area contributed by atoms with E-state index in [1.54, 1.807) is 36.4 Å². The highest BCUT2D eigenvalue weighted by molar-refractivity contribution is 7.12. The summed E-state index contributed by atoms with van der Waals surface area (Å²) in [5, 5.41) is 3.88. The molecule has 3 rings (SSSR count). The van der Waals surface area contributed by atoms with E-state index in [0.29, 0.717) is 21.3 Å². The SMILES string of the molecule is O=C(Nc1cccc(F)c1)c1cc2ccccc2c(=O)s1. The summed E-state index contributed by atoms with van der Waals surface area (Å²) in [4.78, 5) is 24.4. The van der Waals surface area contributed by atoms with Crippen molar-refractivity contribution in [3.8, 4) is 0 Å². The van der Waals surface area contributed by atoms with Gasteiger partial charge >= 0.3 is 0 Å². The topological polar surface area (TPSA) is 46.2 Å². The van der Waals surface area contributed by atoms with Gasteiger partial charge in [-0.05, 0) is 35.7 Å². The second-order valence-electron chi connectivity index (χ2n) is 4.45. The Labute approximate surface area is 123 Å². The molecule has 1 amide bonds. The zero-order valence-electron chi connectivity index (χ0n) is 10.8. The molecule has 5 heteroatoms. The van der Waals surface area contributed by atoms with Gasteiger partial charge in [0.1, 0.15) is 5.82 Å². The molecule has 0 spiro atoms. The molecule has 1 N–H and O–H groups in total. The first-order valence-corrected chi connectivity index (χ1v) is 7.05. The lowest BCUT2D eigenvalue weighted by Gasteiger charge is -2.05. The molecule has 104 valence electrons. The minimum Gasteiger partial charge on any atom is -0.321 e. The number of carbonyl (C=O) groups is 1. The number of benzene rings is 2. The van der Waals surface area contributed by atoms with Crippen LogP contribution in [0.15, 0.2) is 59.4 Å². The van der Waals surface area contributed by atoms with Crippen LogP contribution in [-0.4, -0.2) is 5.91 Å². The summed E-state index contributed by atoms with van der Waals surface area (Å²) in [6, 6.07) is 14.4. The quantitative estimate of drug-likeness (QED) is 0.785. The molecule has 0 atom stereocenters. The first-order chi connectivity index (χ1) is 10.1. The van der Waals surface area contributed by atoms with E-state index in [4.69, 9.17) is 0 Å². The van der Waals surface area contributed by atoms with E-state index in [-0.39, 0.29) is 4.74 Å². The van der Waals surface area contributed by atoms with Crippen molar-refractivity contribution in [2.45, 2.75) is 0 Å². The van der Waals surface area contributed by atoms with Crippen LogP contribution in [-0.2, 0) is 0 Å². The largest absolute Gasteiger partial charge is 0.321 e. The molecule has 3 aromatic rings. The van der Waals surface area contributed by atoms with Gasteiger partial charge in [-0.15, -0.1) is 0 Å². The van der Waals surface area contributed by atoms with Gasteiger partial charge in [0.15, 0.2) is 0 Å². The standard InChI is InChI=1S/C16H10FNO2S/c17-11-5-3-6-12(9-11)18-15(19)14-8-10-4-1-2-7-13(10)16(20)21-14/h1-9H,(H,18,19). The molecule has 0 saturated carbocycles. The van der Waals surface area contributed by atoms with Crippen molar-refractivity contribution in [1.82, 2.24) is 0 Å². The molecule has 2 aromatic carbocycles. The number of halogens is 1. The molecule has 1 aromatic heterocycles. The summed E-state index contributed by atoms with van der Waals surface area (Å²) in [5.41, 5.74) is 0.354. The Hall–Kier alpha value is -2.53. The summed E-state index contributed by atoms with van der Waals surface area (Å²) in [6.07, 6.45) is 0. The molecule has 21 heavy (non-hydrogen) atoms. The van der Waals surface area contributed by atoms with Crippen LogP contribution in [0, 0.1) is 5.82 Å². The third kappa shape index (κ3) is 2.83. The number of amides is 1. The van der Waals surface area contributed by atoms with Crippen LogP contribution < -0.4 is 10.1 Å². The lowest BCUT2D eigenvalue weighted by atomic mass is 10.2. The number of fused-ring (bicyclic) bond motifs is 1. The van der Waals surface area contributed by atoms with Gasteiger partial charge in [0.25, 0.3) is 5.91 Å². The van der Waals surface area contributed by atoms with Crippen molar-refractivity contribution < 1.29 is 9.18 Å². The minimum absolute atomic E-state index is 0.169. The van der Waals surface area contributed by atoms with Crippen LogP contribution in [0.3, 0.4) is 0 Å². The molecule has 0 fully saturated rings. The average Bonchev–Trinajstić information content (AvgIpc) is 2.47. The highest BCUT2D eigenvalue weighted by Crippen LogP contribution is 2.17. The fourth-order valence-electron chi connectivity index (χ4n) is 2.01. The Morgan fingerprint density at radius 3 is 2.67 bits per heavy atom. The molecule has 0 bridgehead atoms. The normalized spacial score (nSPS) is 10.5. The van der Waals surface area contributed by atoms with E-state index >= 15 is 0 Å². The highest BCUT2D eigenvalue weighted by Gasteiger charge is 2.10. The van der Waals surface area contributed by atoms with E-state index in [2.05, 4.69) is 5.32 Å². The molecule has 1 heterocycles. The van der Waals surface area contributed by atoms with Crippen molar-refractivity contribution in [2.75, 3.05) is 5.32 Å². The van der Waals surface area contributed by atoms with E-state index in [9.17, 15) is 14.0 Å². The van der Waals surface area contributed by atoms with Crippen LogP contribution in [0.4, 0.5) is 10.1 Å². The fraction of sp³-hybridized carbons (Fsp3) is 0. The molecule has 3 nitrogen and oxygen atoms in total. The number of carbonyl (C=O) groups excluding carboxylic acids is 1. The number of rotatable bonds is 2. The maximum atomic E-state index is 13.1. The van der Waals surface area contributed by atoms with Crippen LogP contribution in [0.5, 0.6) is 0 Å². The molecule has 0 aliphatic heterocycles. The third-order valence-electron chi connectivity index (χ3n) is 2.98. The van der Waals surface area contributed by atoms with Gasteiger partial charge in [-0.3, -0.25) is 9.59 Å². The van der Waals surface area contributed by atoms with Crippen LogP contribution in [0.2, 0.25) is 0 Å². The molecular weight excluding hydrogens is 289 g/mol. The van der Waals surface area contributed by atoms with Crippen molar-refractivity contribution in [3.63, 3.8) is 0 Å². The highest BCUT2D eigenvalue weighted by atomic mass is 32.1. The second kappa shape index (κ2) is 5.46. The minimum atomic E-state index is -0.431. The zero-order valence-corrected chi connectivity index (χ0v) is 11.6. The molecular formula is C16H10FNO2S. The Kier molecular flexibility index (Phi) is 3.50. The lowest BCUT2D eigenvalue weighted by molar-refractivity contribution is 0.103. The van der Waals surface area contributed by atoms with Crippen molar-refractivity contribution in [3.05, 3.63) is 74.8 Å². The fourth-order valence-corrected chi connectivity index (χ4v) is 2.83. The lowest BCUT2D eigenvalue weighted by Crippen LogP contribution is -2.12. The van der Waals surface area contributed by atoms with Gasteiger partial charge in [0.2, 0.25) is 4.74 Å². The number of nitrogens with one attached hydrogen (secondary N) is 1. The van der Waals surface area contributed by atoms with Crippen LogP contribution in [0.1, 0.15) is 9.67 Å². The van der Waals surface area contributed by atoms with Gasteiger partial charge in [-0.2, -0.15) is 0 Å². The average molecular weight is 299 g/mol. The third-order valence-corrected chi connectivity index (χ3v) is 3.90. The predicted molar refractivity (Wildman–Crippen MR) is 82.4 cm³/mol. The summed E-state index contributed by atoms with van der Waals surface area (Å²) < 4.78 is 12.9. The molecule has 0 unspecified atom stereocenters. The monoisotopic (exact) mass is 299 g/mol. The van der Waals surface area contributed by atoms with Gasteiger partial charge in [0, 0.05) is 11.1 Å². The maximum absolute atomic E-state index is 13.1. The molecule has 0 saturated heterocycles. The first-order valence-electron chi connectivity index (χ1n) is 6.23. The van der Waals surface area contributed by atoms with E-state index < -0.39 is 11.7 Å². The maximum Gasteiger partial charge on any atom is 0.265 e. The molecule has 0 aliphatic rings. The Balaban J connectivity index is 1.96.